The molecule has 0 N–H and O–H groups in total. The molecule has 2 aliphatic rings. The first-order valence-electron chi connectivity index (χ1n) is 10.2. The van der Waals surface area contributed by atoms with Crippen LogP contribution in [0.25, 0.3) is 11.3 Å². The minimum Gasteiger partial charge on any atom is -0.343 e. The van der Waals surface area contributed by atoms with Crippen LogP contribution < -0.4 is 0 Å². The van der Waals surface area contributed by atoms with Crippen LogP contribution in [0, 0.1) is 5.82 Å². The van der Waals surface area contributed by atoms with E-state index < -0.39 is 0 Å². The molecular weight excluding hydrogens is 355 g/mol. The number of nitrogens with zero attached hydrogens (tertiary/aromatic N) is 4. The quantitative estimate of drug-likeness (QED) is 0.816. The molecule has 6 heteroatoms. The van der Waals surface area contributed by atoms with E-state index in [1.54, 1.807) is 19.2 Å². The fourth-order valence-electron chi connectivity index (χ4n) is 4.47. The lowest BCUT2D eigenvalue weighted by Gasteiger charge is -2.41. The van der Waals surface area contributed by atoms with Gasteiger partial charge in [0.2, 0.25) is 5.91 Å². The minimum atomic E-state index is -0.256. The van der Waals surface area contributed by atoms with E-state index in [2.05, 4.69) is 9.88 Å². The Morgan fingerprint density at radius 2 is 1.82 bits per heavy atom. The molecule has 2 aliphatic heterocycles. The summed E-state index contributed by atoms with van der Waals surface area (Å²) in [5.41, 5.74) is 2.51. The zero-order chi connectivity index (χ0) is 19.5. The van der Waals surface area contributed by atoms with Crippen molar-refractivity contribution in [2.75, 3.05) is 26.2 Å². The minimum absolute atomic E-state index is 0.189. The SMILES string of the molecule is CC(=O)N1CCC(N2CCC(c3cncc(-c4cccc(F)c4)n3)CC2)CC1. The van der Waals surface area contributed by atoms with Crippen molar-refractivity contribution in [3.63, 3.8) is 0 Å². The number of hydrogen-bond donors (Lipinski definition) is 0. The Morgan fingerprint density at radius 3 is 2.50 bits per heavy atom. The van der Waals surface area contributed by atoms with Crippen molar-refractivity contribution in [3.05, 3.63) is 48.2 Å². The standard InChI is InChI=1S/C22H27FN4O/c1-16(28)26-11-7-20(8-12-26)27-9-5-17(6-10-27)21-14-24-15-22(25-21)18-3-2-4-19(23)13-18/h2-4,13-15,17,20H,5-12H2,1H3. The third kappa shape index (κ3) is 4.22. The monoisotopic (exact) mass is 382 g/mol. The van der Waals surface area contributed by atoms with Crippen molar-refractivity contribution in [1.29, 1.82) is 0 Å². The maximum atomic E-state index is 13.5. The largest absolute Gasteiger partial charge is 0.343 e. The lowest BCUT2D eigenvalue weighted by Crippen LogP contribution is -2.48. The van der Waals surface area contributed by atoms with Gasteiger partial charge in [-0.2, -0.15) is 0 Å². The van der Waals surface area contributed by atoms with E-state index >= 15 is 0 Å². The Bertz CT molecular complexity index is 827. The highest BCUT2D eigenvalue weighted by Crippen LogP contribution is 2.30. The maximum Gasteiger partial charge on any atom is 0.219 e. The Balaban J connectivity index is 1.37. The molecule has 28 heavy (non-hydrogen) atoms. The number of rotatable bonds is 3. The molecule has 1 amide bonds. The van der Waals surface area contributed by atoms with Gasteiger partial charge in [0.1, 0.15) is 5.82 Å². The van der Waals surface area contributed by atoms with Crippen LogP contribution in [-0.4, -0.2) is 57.9 Å². The van der Waals surface area contributed by atoms with Gasteiger partial charge in [0.15, 0.2) is 0 Å². The maximum absolute atomic E-state index is 13.5. The van der Waals surface area contributed by atoms with Crippen molar-refractivity contribution in [1.82, 2.24) is 19.8 Å². The third-order valence-electron chi connectivity index (χ3n) is 6.15. The summed E-state index contributed by atoms with van der Waals surface area (Å²) in [4.78, 5) is 25.2. The van der Waals surface area contributed by atoms with E-state index in [1.165, 1.54) is 12.1 Å². The van der Waals surface area contributed by atoms with Gasteiger partial charge >= 0.3 is 0 Å². The normalized spacial score (nSPS) is 19.7. The van der Waals surface area contributed by atoms with Gasteiger partial charge in [0, 0.05) is 43.7 Å². The van der Waals surface area contributed by atoms with E-state index in [0.717, 1.165) is 68.8 Å². The molecule has 2 fully saturated rings. The van der Waals surface area contributed by atoms with Crippen molar-refractivity contribution < 1.29 is 9.18 Å². The molecule has 1 aromatic carbocycles. The lowest BCUT2D eigenvalue weighted by atomic mass is 9.91. The second-order valence-corrected chi connectivity index (χ2v) is 7.89. The predicted molar refractivity (Wildman–Crippen MR) is 106 cm³/mol. The topological polar surface area (TPSA) is 49.3 Å². The number of piperidine rings is 2. The summed E-state index contributed by atoms with van der Waals surface area (Å²) in [7, 11) is 0. The summed E-state index contributed by atoms with van der Waals surface area (Å²) in [6.45, 7) is 5.52. The first-order valence-corrected chi connectivity index (χ1v) is 10.2. The van der Waals surface area contributed by atoms with Crippen LogP contribution in [0.5, 0.6) is 0 Å². The zero-order valence-electron chi connectivity index (χ0n) is 16.4. The first-order chi connectivity index (χ1) is 13.6. The number of halogens is 1. The molecule has 2 aromatic rings. The summed E-state index contributed by atoms with van der Waals surface area (Å²) < 4.78 is 13.5. The van der Waals surface area contributed by atoms with Gasteiger partial charge in [0.05, 0.1) is 17.6 Å². The number of hydrogen-bond acceptors (Lipinski definition) is 4. The number of carbonyl (C=O) groups is 1. The highest BCUT2D eigenvalue weighted by atomic mass is 19.1. The van der Waals surface area contributed by atoms with E-state index in [9.17, 15) is 9.18 Å². The van der Waals surface area contributed by atoms with E-state index in [4.69, 9.17) is 4.98 Å². The van der Waals surface area contributed by atoms with Gasteiger partial charge in [-0.15, -0.1) is 0 Å². The number of likely N-dealkylation sites (tertiary alicyclic amines) is 2. The molecule has 4 rings (SSSR count). The van der Waals surface area contributed by atoms with Crippen molar-refractivity contribution in [2.24, 2.45) is 0 Å². The summed E-state index contributed by atoms with van der Waals surface area (Å²) in [6.07, 6.45) is 7.82. The third-order valence-corrected chi connectivity index (χ3v) is 6.15. The van der Waals surface area contributed by atoms with Crippen LogP contribution in [0.3, 0.4) is 0 Å². The molecule has 5 nitrogen and oxygen atoms in total. The Hall–Kier alpha value is -2.34. The number of amides is 1. The molecule has 0 radical (unpaired) electrons. The predicted octanol–water partition coefficient (Wildman–Crippen LogP) is 3.47. The van der Waals surface area contributed by atoms with Crippen LogP contribution in [-0.2, 0) is 4.79 Å². The molecule has 0 saturated carbocycles. The van der Waals surface area contributed by atoms with Crippen molar-refractivity contribution >= 4 is 5.91 Å². The average molecular weight is 382 g/mol. The molecule has 3 heterocycles. The van der Waals surface area contributed by atoms with Gasteiger partial charge in [-0.05, 0) is 50.9 Å². The fourth-order valence-corrected chi connectivity index (χ4v) is 4.47. The van der Waals surface area contributed by atoms with Gasteiger partial charge in [-0.1, -0.05) is 12.1 Å². The molecule has 0 spiro atoms. The first kappa shape index (κ1) is 19.0. The van der Waals surface area contributed by atoms with E-state index in [1.807, 2.05) is 17.2 Å². The van der Waals surface area contributed by atoms with Crippen LogP contribution in [0.4, 0.5) is 4.39 Å². The van der Waals surface area contributed by atoms with Crippen LogP contribution in [0.1, 0.15) is 44.2 Å². The second-order valence-electron chi connectivity index (χ2n) is 7.89. The summed E-state index contributed by atoms with van der Waals surface area (Å²) in [5, 5.41) is 0. The summed E-state index contributed by atoms with van der Waals surface area (Å²) in [6, 6.07) is 7.10. The number of carbonyl (C=O) groups excluding carboxylic acids is 1. The molecule has 2 saturated heterocycles. The Kier molecular flexibility index (Phi) is 5.67. The fraction of sp³-hybridized carbons (Fsp3) is 0.500. The van der Waals surface area contributed by atoms with Crippen LogP contribution in [0.2, 0.25) is 0 Å². The molecule has 1 aromatic heterocycles. The number of aromatic nitrogens is 2. The van der Waals surface area contributed by atoms with Gasteiger partial charge in [0.25, 0.3) is 0 Å². The second kappa shape index (κ2) is 8.35. The molecule has 0 unspecified atom stereocenters. The Morgan fingerprint density at radius 1 is 1.07 bits per heavy atom. The highest BCUT2D eigenvalue weighted by Gasteiger charge is 2.29. The molecule has 0 aliphatic carbocycles. The van der Waals surface area contributed by atoms with Crippen molar-refractivity contribution in [2.45, 2.75) is 44.6 Å². The van der Waals surface area contributed by atoms with E-state index in [-0.39, 0.29) is 11.7 Å². The molecule has 0 bridgehead atoms. The zero-order valence-corrected chi connectivity index (χ0v) is 16.4. The Labute approximate surface area is 165 Å². The lowest BCUT2D eigenvalue weighted by molar-refractivity contribution is -0.130. The van der Waals surface area contributed by atoms with Crippen molar-refractivity contribution in [3.8, 4) is 11.3 Å². The van der Waals surface area contributed by atoms with Gasteiger partial charge in [-0.3, -0.25) is 9.78 Å². The van der Waals surface area contributed by atoms with Gasteiger partial charge in [-0.25, -0.2) is 9.37 Å². The smallest absolute Gasteiger partial charge is 0.219 e. The molecule has 0 atom stereocenters. The molecule has 148 valence electrons. The van der Waals surface area contributed by atoms with Crippen LogP contribution in [0.15, 0.2) is 36.7 Å². The average Bonchev–Trinajstić information content (AvgIpc) is 2.74. The van der Waals surface area contributed by atoms with Crippen LogP contribution >= 0.6 is 0 Å². The van der Waals surface area contributed by atoms with Gasteiger partial charge < -0.3 is 9.80 Å². The summed E-state index contributed by atoms with van der Waals surface area (Å²) in [5.74, 6) is 0.331. The van der Waals surface area contributed by atoms with E-state index in [0.29, 0.717) is 12.0 Å². The molecular formula is C22H27FN4O. The summed E-state index contributed by atoms with van der Waals surface area (Å²) >= 11 is 0. The number of benzene rings is 1. The highest BCUT2D eigenvalue weighted by molar-refractivity contribution is 5.73.